The molecule has 6 heteroatoms. The van der Waals surface area contributed by atoms with Gasteiger partial charge in [-0.15, -0.1) is 11.3 Å². The van der Waals surface area contributed by atoms with Crippen LogP contribution in [0.3, 0.4) is 0 Å². The third-order valence-electron chi connectivity index (χ3n) is 3.58. The van der Waals surface area contributed by atoms with E-state index >= 15 is 0 Å². The summed E-state index contributed by atoms with van der Waals surface area (Å²) in [6.45, 7) is 4.70. The van der Waals surface area contributed by atoms with Gasteiger partial charge in [0.25, 0.3) is 5.91 Å². The molecule has 0 radical (unpaired) electrons. The van der Waals surface area contributed by atoms with Crippen molar-refractivity contribution >= 4 is 33.1 Å². The zero-order chi connectivity index (χ0) is 14.9. The molecule has 2 rings (SSSR count). The Balaban J connectivity index is 2.18. The molecule has 0 saturated heterocycles. The molecular weight excluding hydrogens is 272 g/mol. The first-order valence-electron chi connectivity index (χ1n) is 6.41. The molecule has 1 amide bonds. The number of thiophene rings is 1. The second-order valence-corrected chi connectivity index (χ2v) is 6.64. The van der Waals surface area contributed by atoms with Gasteiger partial charge in [0.1, 0.15) is 10.4 Å². The van der Waals surface area contributed by atoms with Crippen LogP contribution in [0.2, 0.25) is 0 Å². The lowest BCUT2D eigenvalue weighted by atomic mass is 10.0. The summed E-state index contributed by atoms with van der Waals surface area (Å²) >= 11 is 1.38. The quantitative estimate of drug-likeness (QED) is 0.903. The molecule has 0 bridgehead atoms. The maximum atomic E-state index is 12.3. The number of amides is 1. The number of rotatable bonds is 4. The van der Waals surface area contributed by atoms with Gasteiger partial charge < -0.3 is 16.0 Å². The van der Waals surface area contributed by atoms with Crippen LogP contribution in [0.5, 0.6) is 0 Å². The third-order valence-corrected chi connectivity index (χ3v) is 4.74. The van der Waals surface area contributed by atoms with Gasteiger partial charge in [0.05, 0.1) is 10.4 Å². The minimum absolute atomic E-state index is 0.112. The molecule has 0 aliphatic heterocycles. The van der Waals surface area contributed by atoms with E-state index in [-0.39, 0.29) is 11.4 Å². The minimum Gasteiger partial charge on any atom is -0.396 e. The third kappa shape index (κ3) is 2.76. The Morgan fingerprint density at radius 3 is 2.80 bits per heavy atom. The summed E-state index contributed by atoms with van der Waals surface area (Å²) in [4.78, 5) is 19.1. The molecule has 0 spiro atoms. The predicted octanol–water partition coefficient (Wildman–Crippen LogP) is 1.95. The largest absolute Gasteiger partial charge is 0.396 e. The fraction of sp³-hybridized carbons (Fsp3) is 0.429. The summed E-state index contributed by atoms with van der Waals surface area (Å²) in [6, 6.07) is 3.76. The molecule has 0 fully saturated rings. The van der Waals surface area contributed by atoms with Gasteiger partial charge in [-0.3, -0.25) is 9.78 Å². The van der Waals surface area contributed by atoms with Gasteiger partial charge in [0, 0.05) is 18.3 Å². The molecule has 0 atom stereocenters. The van der Waals surface area contributed by atoms with Gasteiger partial charge in [-0.05, 0) is 40.1 Å². The molecule has 2 heterocycles. The molecular formula is C14H20N4OS. The summed E-state index contributed by atoms with van der Waals surface area (Å²) in [6.07, 6.45) is 1.68. The van der Waals surface area contributed by atoms with Crippen molar-refractivity contribution in [2.45, 2.75) is 19.4 Å². The number of carbonyl (C=O) groups is 1. The first kappa shape index (κ1) is 14.7. The molecule has 5 nitrogen and oxygen atoms in total. The van der Waals surface area contributed by atoms with Crippen molar-refractivity contribution in [3.05, 3.63) is 23.2 Å². The van der Waals surface area contributed by atoms with Crippen molar-refractivity contribution in [2.24, 2.45) is 0 Å². The average molecular weight is 292 g/mol. The summed E-state index contributed by atoms with van der Waals surface area (Å²) in [5.41, 5.74) is 7.07. The van der Waals surface area contributed by atoms with E-state index in [1.807, 2.05) is 26.2 Å². The van der Waals surface area contributed by atoms with Gasteiger partial charge in [-0.25, -0.2) is 0 Å². The Hall–Kier alpha value is -1.66. The number of pyridine rings is 1. The SMILES string of the molecule is CN(C)C(C)(C)CNC(=O)c1sc2cccnc2c1N. The number of anilines is 1. The average Bonchev–Trinajstić information content (AvgIpc) is 2.74. The summed E-state index contributed by atoms with van der Waals surface area (Å²) in [7, 11) is 3.98. The number of carbonyl (C=O) groups excluding carboxylic acids is 1. The molecule has 0 unspecified atom stereocenters. The van der Waals surface area contributed by atoms with Crippen LogP contribution >= 0.6 is 11.3 Å². The summed E-state index contributed by atoms with van der Waals surface area (Å²) in [5.74, 6) is -0.138. The second-order valence-electron chi connectivity index (χ2n) is 5.58. The highest BCUT2D eigenvalue weighted by Crippen LogP contribution is 2.31. The molecule has 20 heavy (non-hydrogen) atoms. The number of nitrogens with one attached hydrogen (secondary N) is 1. The molecule has 108 valence electrons. The van der Waals surface area contributed by atoms with E-state index in [0.717, 1.165) is 4.70 Å². The summed E-state index contributed by atoms with van der Waals surface area (Å²) < 4.78 is 0.932. The number of fused-ring (bicyclic) bond motifs is 1. The second kappa shape index (κ2) is 5.38. The van der Waals surface area contributed by atoms with Gasteiger partial charge >= 0.3 is 0 Å². The summed E-state index contributed by atoms with van der Waals surface area (Å²) in [5, 5.41) is 2.94. The van der Waals surface area contributed by atoms with E-state index in [1.54, 1.807) is 6.20 Å². The zero-order valence-electron chi connectivity index (χ0n) is 12.2. The minimum atomic E-state index is -0.138. The van der Waals surface area contributed by atoms with E-state index in [4.69, 9.17) is 5.73 Å². The maximum absolute atomic E-state index is 12.3. The lowest BCUT2D eigenvalue weighted by Gasteiger charge is -2.32. The highest BCUT2D eigenvalue weighted by molar-refractivity contribution is 7.21. The predicted molar refractivity (Wildman–Crippen MR) is 84.1 cm³/mol. The molecule has 2 aromatic heterocycles. The normalized spacial score (nSPS) is 12.1. The van der Waals surface area contributed by atoms with Crippen LogP contribution in [-0.4, -0.2) is 42.0 Å². The number of hydrogen-bond donors (Lipinski definition) is 2. The van der Waals surface area contributed by atoms with E-state index < -0.39 is 0 Å². The highest BCUT2D eigenvalue weighted by Gasteiger charge is 2.23. The number of aromatic nitrogens is 1. The van der Waals surface area contributed by atoms with Crippen molar-refractivity contribution in [1.82, 2.24) is 15.2 Å². The maximum Gasteiger partial charge on any atom is 0.263 e. The van der Waals surface area contributed by atoms with Gasteiger partial charge in [0.15, 0.2) is 0 Å². The fourth-order valence-electron chi connectivity index (χ4n) is 1.65. The van der Waals surface area contributed by atoms with Gasteiger partial charge in [-0.2, -0.15) is 0 Å². The van der Waals surface area contributed by atoms with Crippen LogP contribution in [0.25, 0.3) is 10.2 Å². The van der Waals surface area contributed by atoms with Crippen LogP contribution in [-0.2, 0) is 0 Å². The monoisotopic (exact) mass is 292 g/mol. The Bertz CT molecular complexity index is 633. The van der Waals surface area contributed by atoms with Crippen molar-refractivity contribution in [3.63, 3.8) is 0 Å². The zero-order valence-corrected chi connectivity index (χ0v) is 13.0. The smallest absolute Gasteiger partial charge is 0.263 e. The topological polar surface area (TPSA) is 71.2 Å². The number of nitrogens with two attached hydrogens (primary N) is 1. The van der Waals surface area contributed by atoms with Crippen LogP contribution in [0.1, 0.15) is 23.5 Å². The lowest BCUT2D eigenvalue weighted by molar-refractivity contribution is 0.0924. The Kier molecular flexibility index (Phi) is 3.96. The number of nitrogen functional groups attached to an aromatic ring is 1. The van der Waals surface area contributed by atoms with E-state index in [2.05, 4.69) is 29.0 Å². The first-order valence-corrected chi connectivity index (χ1v) is 7.23. The Morgan fingerprint density at radius 2 is 2.20 bits per heavy atom. The number of hydrogen-bond acceptors (Lipinski definition) is 5. The van der Waals surface area contributed by atoms with Crippen LogP contribution in [0, 0.1) is 0 Å². The van der Waals surface area contributed by atoms with E-state index in [1.165, 1.54) is 11.3 Å². The van der Waals surface area contributed by atoms with Crippen LogP contribution in [0.4, 0.5) is 5.69 Å². The molecule has 0 aliphatic carbocycles. The number of nitrogens with zero attached hydrogens (tertiary/aromatic N) is 2. The van der Waals surface area contributed by atoms with Crippen LogP contribution in [0.15, 0.2) is 18.3 Å². The molecule has 2 aromatic rings. The number of likely N-dealkylation sites (N-methyl/N-ethyl adjacent to an activating group) is 1. The Labute approximate surface area is 122 Å². The van der Waals surface area contributed by atoms with Crippen LogP contribution < -0.4 is 11.1 Å². The van der Waals surface area contributed by atoms with Crippen molar-refractivity contribution < 1.29 is 4.79 Å². The van der Waals surface area contributed by atoms with Crippen molar-refractivity contribution in [3.8, 4) is 0 Å². The van der Waals surface area contributed by atoms with E-state index in [0.29, 0.717) is 22.6 Å². The van der Waals surface area contributed by atoms with Crippen molar-refractivity contribution in [2.75, 3.05) is 26.4 Å². The van der Waals surface area contributed by atoms with Gasteiger partial charge in [-0.1, -0.05) is 0 Å². The molecule has 0 saturated carbocycles. The molecule has 0 aliphatic rings. The molecule has 3 N–H and O–H groups in total. The first-order chi connectivity index (χ1) is 9.33. The van der Waals surface area contributed by atoms with Crippen molar-refractivity contribution in [1.29, 1.82) is 0 Å². The van der Waals surface area contributed by atoms with E-state index in [9.17, 15) is 4.79 Å². The van der Waals surface area contributed by atoms with Gasteiger partial charge in [0.2, 0.25) is 0 Å². The molecule has 0 aromatic carbocycles. The highest BCUT2D eigenvalue weighted by atomic mass is 32.1. The fourth-order valence-corrected chi connectivity index (χ4v) is 2.65. The lowest BCUT2D eigenvalue weighted by Crippen LogP contribution is -2.48. The standard InChI is InChI=1S/C14H20N4OS/c1-14(2,18(3)4)8-17-13(19)12-10(15)11-9(20-12)6-5-7-16-11/h5-7H,8,15H2,1-4H3,(H,17,19). The Morgan fingerprint density at radius 1 is 1.50 bits per heavy atom.